The van der Waals surface area contributed by atoms with E-state index in [1.807, 2.05) is 0 Å². The van der Waals surface area contributed by atoms with Gasteiger partial charge in [-0.1, -0.05) is 0 Å². The Bertz CT molecular complexity index is 1220. The molecule has 0 aromatic carbocycles. The fourth-order valence-electron chi connectivity index (χ4n) is 2.58. The Morgan fingerprint density at radius 2 is 1.89 bits per heavy atom. The molecular formula is C16H11F3N6O3. The number of pyridine rings is 1. The number of nitrogens with zero attached hydrogens (tertiary/aromatic N) is 4. The van der Waals surface area contributed by atoms with E-state index in [0.717, 1.165) is 11.1 Å². The first-order chi connectivity index (χ1) is 13.2. The monoisotopic (exact) mass is 392 g/mol. The van der Waals surface area contributed by atoms with Gasteiger partial charge in [-0.05, 0) is 12.1 Å². The zero-order chi connectivity index (χ0) is 20.5. The van der Waals surface area contributed by atoms with E-state index >= 15 is 0 Å². The van der Waals surface area contributed by atoms with Crippen LogP contribution in [0.25, 0.3) is 27.8 Å². The molecule has 0 saturated carbocycles. The van der Waals surface area contributed by atoms with Crippen LogP contribution in [0.2, 0.25) is 0 Å². The van der Waals surface area contributed by atoms with Crippen LogP contribution < -0.4 is 11.2 Å². The first-order valence-corrected chi connectivity index (χ1v) is 7.54. The molecule has 0 amide bonds. The lowest BCUT2D eigenvalue weighted by atomic mass is 10.1. The maximum Gasteiger partial charge on any atom is 0.490 e. The van der Waals surface area contributed by atoms with E-state index in [1.165, 1.54) is 12.4 Å². The Morgan fingerprint density at radius 1 is 1.18 bits per heavy atom. The first-order valence-electron chi connectivity index (χ1n) is 7.54. The summed E-state index contributed by atoms with van der Waals surface area (Å²) >= 11 is 0. The molecule has 0 aliphatic carbocycles. The molecule has 9 nitrogen and oxygen atoms in total. The van der Waals surface area contributed by atoms with E-state index in [9.17, 15) is 18.0 Å². The van der Waals surface area contributed by atoms with Gasteiger partial charge in [-0.25, -0.2) is 19.7 Å². The number of fused-ring (bicyclic) bond motifs is 3. The van der Waals surface area contributed by atoms with Crippen LogP contribution in [0.1, 0.15) is 0 Å². The summed E-state index contributed by atoms with van der Waals surface area (Å²) < 4.78 is 33.5. The van der Waals surface area contributed by atoms with Crippen molar-refractivity contribution >= 4 is 28.5 Å². The van der Waals surface area contributed by atoms with Gasteiger partial charge < -0.3 is 15.8 Å². The Balaban J connectivity index is 0.000000279. The third-order valence-corrected chi connectivity index (χ3v) is 3.66. The molecular weight excluding hydrogens is 381 g/mol. The van der Waals surface area contributed by atoms with Crippen molar-refractivity contribution in [1.29, 1.82) is 0 Å². The zero-order valence-corrected chi connectivity index (χ0v) is 13.8. The lowest BCUT2D eigenvalue weighted by Gasteiger charge is -2.01. The first kappa shape index (κ1) is 18.8. The van der Waals surface area contributed by atoms with Gasteiger partial charge in [0.05, 0.1) is 16.6 Å². The number of nitrogens with two attached hydrogens (primary N) is 1. The van der Waals surface area contributed by atoms with Crippen molar-refractivity contribution < 1.29 is 23.1 Å². The molecule has 144 valence electrons. The fraction of sp³-hybridized carbons (Fsp3) is 0.0625. The fourth-order valence-corrected chi connectivity index (χ4v) is 2.58. The van der Waals surface area contributed by atoms with Gasteiger partial charge in [-0.3, -0.25) is 9.20 Å². The molecule has 0 spiro atoms. The molecule has 4 N–H and O–H groups in total. The van der Waals surface area contributed by atoms with Crippen LogP contribution in [0.4, 0.5) is 19.1 Å². The van der Waals surface area contributed by atoms with Gasteiger partial charge in [0.15, 0.2) is 5.43 Å². The third kappa shape index (κ3) is 3.34. The number of alkyl halides is 3. The van der Waals surface area contributed by atoms with E-state index in [4.69, 9.17) is 15.6 Å². The number of carboxylic acids is 1. The lowest BCUT2D eigenvalue weighted by Crippen LogP contribution is -2.21. The number of nitrogens with one attached hydrogen (secondary N) is 1. The van der Waals surface area contributed by atoms with Gasteiger partial charge in [-0.15, -0.1) is 0 Å². The SMILES string of the molecule is Nc1nccc2c(-c3ccncn3)c3c(=O)cc[nH]c3n12.O=C(O)C(F)(F)F. The molecule has 4 heterocycles. The van der Waals surface area contributed by atoms with Crippen LogP contribution >= 0.6 is 0 Å². The van der Waals surface area contributed by atoms with Crippen LogP contribution in [0.5, 0.6) is 0 Å². The zero-order valence-electron chi connectivity index (χ0n) is 13.8. The average Bonchev–Trinajstić information content (AvgIpc) is 2.99. The summed E-state index contributed by atoms with van der Waals surface area (Å²) in [7, 11) is 0. The van der Waals surface area contributed by atoms with E-state index < -0.39 is 12.1 Å². The Kier molecular flexibility index (Phi) is 4.69. The molecule has 4 rings (SSSR count). The molecule has 0 atom stereocenters. The molecule has 12 heteroatoms. The standard InChI is InChI=1S/C14H10N6O.C2HF3O2/c15-14-18-5-2-9-11(8-1-4-16-7-19-8)12-10(21)3-6-17-13(12)20(9)14;3-2(4,5)1(6)7/h1-7H,(H2,15,18)(H,17,21);(H,6,7). The minimum atomic E-state index is -5.08. The second-order valence-electron chi connectivity index (χ2n) is 5.36. The summed E-state index contributed by atoms with van der Waals surface area (Å²) in [5.41, 5.74) is 8.64. The molecule has 4 aromatic rings. The Morgan fingerprint density at radius 3 is 2.50 bits per heavy atom. The molecule has 0 radical (unpaired) electrons. The van der Waals surface area contributed by atoms with E-state index in [2.05, 4.69) is 19.9 Å². The van der Waals surface area contributed by atoms with Gasteiger partial charge in [0.25, 0.3) is 0 Å². The summed E-state index contributed by atoms with van der Waals surface area (Å²) in [5.74, 6) is -2.45. The predicted molar refractivity (Wildman–Crippen MR) is 92.4 cm³/mol. The summed E-state index contributed by atoms with van der Waals surface area (Å²) in [6.45, 7) is 0. The highest BCUT2D eigenvalue weighted by molar-refractivity contribution is 6.03. The van der Waals surface area contributed by atoms with Crippen molar-refractivity contribution in [2.75, 3.05) is 5.73 Å². The number of carbonyl (C=O) groups is 1. The maximum atomic E-state index is 12.3. The number of halogens is 3. The molecule has 0 bridgehead atoms. The number of hydrogen-bond acceptors (Lipinski definition) is 6. The van der Waals surface area contributed by atoms with E-state index in [-0.39, 0.29) is 5.43 Å². The second kappa shape index (κ2) is 6.98. The number of carboxylic acid groups (broad SMARTS) is 1. The smallest absolute Gasteiger partial charge is 0.475 e. The largest absolute Gasteiger partial charge is 0.490 e. The number of rotatable bonds is 1. The number of aromatic nitrogens is 5. The lowest BCUT2D eigenvalue weighted by molar-refractivity contribution is -0.192. The summed E-state index contributed by atoms with van der Waals surface area (Å²) in [4.78, 5) is 36.5. The normalized spacial score (nSPS) is 11.2. The van der Waals surface area contributed by atoms with E-state index in [1.54, 1.807) is 35.1 Å². The molecule has 0 saturated heterocycles. The van der Waals surface area contributed by atoms with Gasteiger partial charge in [0.2, 0.25) is 5.95 Å². The summed E-state index contributed by atoms with van der Waals surface area (Å²) in [6, 6.07) is 5.05. The van der Waals surface area contributed by atoms with Crippen LogP contribution in [-0.4, -0.2) is 41.6 Å². The van der Waals surface area contributed by atoms with Gasteiger partial charge in [0.1, 0.15) is 12.0 Å². The topological polar surface area (TPSA) is 139 Å². The molecule has 0 unspecified atom stereocenters. The maximum absolute atomic E-state index is 12.3. The average molecular weight is 392 g/mol. The highest BCUT2D eigenvalue weighted by Gasteiger charge is 2.38. The molecule has 0 aliphatic heterocycles. The van der Waals surface area contributed by atoms with Crippen molar-refractivity contribution in [1.82, 2.24) is 24.3 Å². The number of anilines is 1. The van der Waals surface area contributed by atoms with Crippen LogP contribution in [-0.2, 0) is 4.79 Å². The predicted octanol–water partition coefficient (Wildman–Crippen LogP) is 1.85. The Labute approximate surface area is 153 Å². The van der Waals surface area contributed by atoms with Crippen LogP contribution in [0.3, 0.4) is 0 Å². The second-order valence-corrected chi connectivity index (χ2v) is 5.36. The van der Waals surface area contributed by atoms with Crippen LogP contribution in [0.15, 0.2) is 47.9 Å². The van der Waals surface area contributed by atoms with Gasteiger partial charge in [0, 0.05) is 30.2 Å². The van der Waals surface area contributed by atoms with Crippen molar-refractivity contribution in [3.63, 3.8) is 0 Å². The molecule has 0 aliphatic rings. The number of hydrogen-bond donors (Lipinski definition) is 3. The van der Waals surface area contributed by atoms with Crippen LogP contribution in [0, 0.1) is 0 Å². The van der Waals surface area contributed by atoms with E-state index in [0.29, 0.717) is 22.7 Å². The van der Waals surface area contributed by atoms with Crippen molar-refractivity contribution in [2.45, 2.75) is 6.18 Å². The minimum absolute atomic E-state index is 0.0968. The number of aromatic amines is 1. The number of H-pyrrole nitrogens is 1. The van der Waals surface area contributed by atoms with Crippen molar-refractivity contribution in [3.05, 3.63) is 53.3 Å². The third-order valence-electron chi connectivity index (χ3n) is 3.66. The minimum Gasteiger partial charge on any atom is -0.475 e. The summed E-state index contributed by atoms with van der Waals surface area (Å²) in [6.07, 6.45) is 1.21. The molecule has 28 heavy (non-hydrogen) atoms. The highest BCUT2D eigenvalue weighted by atomic mass is 19.4. The number of nitrogen functional groups attached to an aromatic ring is 1. The van der Waals surface area contributed by atoms with Crippen molar-refractivity contribution in [3.8, 4) is 11.3 Å². The quantitative estimate of drug-likeness (QED) is 0.449. The summed E-state index contributed by atoms with van der Waals surface area (Å²) in [5, 5.41) is 7.66. The molecule has 0 fully saturated rings. The number of aliphatic carboxylic acids is 1. The Hall–Kier alpha value is -3.96. The van der Waals surface area contributed by atoms with Gasteiger partial charge in [-0.2, -0.15) is 13.2 Å². The molecule has 4 aromatic heterocycles. The highest BCUT2D eigenvalue weighted by Crippen LogP contribution is 2.32. The van der Waals surface area contributed by atoms with Crippen molar-refractivity contribution in [2.24, 2.45) is 0 Å². The van der Waals surface area contributed by atoms with Gasteiger partial charge >= 0.3 is 12.1 Å².